The lowest BCUT2D eigenvalue weighted by Gasteiger charge is -2.09. The molecule has 0 saturated carbocycles. The van der Waals surface area contributed by atoms with Crippen LogP contribution >= 0.6 is 27.3 Å². The van der Waals surface area contributed by atoms with Crippen molar-refractivity contribution in [3.8, 4) is 5.75 Å². The number of carbonyl (C=O) groups excluding carboxylic acids is 2. The molecule has 0 aliphatic carbocycles. The summed E-state index contributed by atoms with van der Waals surface area (Å²) in [4.78, 5) is 23.7. The van der Waals surface area contributed by atoms with Crippen LogP contribution in [-0.2, 0) is 16.4 Å². The Morgan fingerprint density at radius 3 is 2.65 bits per heavy atom. The summed E-state index contributed by atoms with van der Waals surface area (Å²) >= 11 is 4.31. The summed E-state index contributed by atoms with van der Waals surface area (Å²) in [5.74, 6) is 0.149. The van der Waals surface area contributed by atoms with Crippen molar-refractivity contribution in [3.63, 3.8) is 0 Å². The van der Waals surface area contributed by atoms with Crippen LogP contribution in [0.3, 0.4) is 0 Å². The number of halogens is 1. The van der Waals surface area contributed by atoms with Crippen LogP contribution in [0.5, 0.6) is 5.75 Å². The molecule has 1 heterocycles. The molecule has 2 rings (SSSR count). The second-order valence-electron chi connectivity index (χ2n) is 5.04. The van der Waals surface area contributed by atoms with Crippen molar-refractivity contribution in [1.29, 1.82) is 0 Å². The van der Waals surface area contributed by atoms with Crippen LogP contribution in [0.4, 0.5) is 4.79 Å². The summed E-state index contributed by atoms with van der Waals surface area (Å²) in [6, 6.07) is 6.95. The number of hydrogen-bond donors (Lipinski definition) is 3. The summed E-state index contributed by atoms with van der Waals surface area (Å²) in [6.45, 7) is 0.303. The summed E-state index contributed by atoms with van der Waals surface area (Å²) in [5.41, 5.74) is 5.23. The fourth-order valence-electron chi connectivity index (χ4n) is 2.07. The van der Waals surface area contributed by atoms with Crippen LogP contribution in [0, 0.1) is 0 Å². The minimum atomic E-state index is -3.95. The van der Waals surface area contributed by atoms with Crippen molar-refractivity contribution in [2.45, 2.75) is 10.6 Å². The Bertz CT molecular complexity index is 927. The van der Waals surface area contributed by atoms with E-state index in [-0.39, 0.29) is 10.1 Å². The van der Waals surface area contributed by atoms with Crippen molar-refractivity contribution < 1.29 is 22.7 Å². The first-order valence-corrected chi connectivity index (χ1v) is 10.3. The van der Waals surface area contributed by atoms with Crippen LogP contribution in [-0.4, -0.2) is 34.0 Å². The molecule has 0 saturated heterocycles. The molecule has 3 amide bonds. The van der Waals surface area contributed by atoms with Gasteiger partial charge in [0.15, 0.2) is 0 Å². The van der Waals surface area contributed by atoms with Gasteiger partial charge in [0.1, 0.15) is 9.96 Å². The molecule has 4 N–H and O–H groups in total. The standard InChI is InChI=1S/C15H16BrN3O5S2/c1-24-12-4-2-9(16)8-11(12)14(20)18-7-6-10-3-5-13(25-10)26(22,23)19-15(17)21/h2-5,8H,6-7H2,1H3,(H,18,20)(H3,17,19,21). The zero-order chi connectivity index (χ0) is 19.3. The van der Waals surface area contributed by atoms with Gasteiger partial charge in [-0.3, -0.25) is 4.79 Å². The number of hydrogen-bond acceptors (Lipinski definition) is 6. The Hall–Kier alpha value is -2.11. The maximum absolute atomic E-state index is 12.3. The molecular weight excluding hydrogens is 446 g/mol. The van der Waals surface area contributed by atoms with Crippen LogP contribution in [0.1, 0.15) is 15.2 Å². The topological polar surface area (TPSA) is 128 Å². The van der Waals surface area contributed by atoms with E-state index in [9.17, 15) is 18.0 Å². The van der Waals surface area contributed by atoms with E-state index in [0.29, 0.717) is 24.3 Å². The number of nitrogens with two attached hydrogens (primary N) is 1. The molecule has 0 unspecified atom stereocenters. The molecule has 0 atom stereocenters. The van der Waals surface area contributed by atoms with Crippen LogP contribution in [0.15, 0.2) is 39.0 Å². The third-order valence-corrected chi connectivity index (χ3v) is 6.68. The average Bonchev–Trinajstić information content (AvgIpc) is 3.03. The smallest absolute Gasteiger partial charge is 0.326 e. The zero-order valence-corrected chi connectivity index (χ0v) is 16.8. The Balaban J connectivity index is 1.98. The molecule has 0 aliphatic heterocycles. The van der Waals surface area contributed by atoms with E-state index < -0.39 is 16.1 Å². The first kappa shape index (κ1) is 20.2. The van der Waals surface area contributed by atoms with Gasteiger partial charge >= 0.3 is 6.03 Å². The minimum Gasteiger partial charge on any atom is -0.496 e. The van der Waals surface area contributed by atoms with Gasteiger partial charge in [-0.25, -0.2) is 17.9 Å². The molecule has 0 radical (unpaired) electrons. The first-order valence-electron chi connectivity index (χ1n) is 7.25. The number of urea groups is 1. The van der Waals surface area contributed by atoms with Crippen molar-refractivity contribution in [1.82, 2.24) is 10.0 Å². The maximum Gasteiger partial charge on any atom is 0.326 e. The molecule has 0 spiro atoms. The molecule has 2 aromatic rings. The van der Waals surface area contributed by atoms with Crippen LogP contribution in [0.25, 0.3) is 0 Å². The number of benzene rings is 1. The van der Waals surface area contributed by atoms with Gasteiger partial charge in [-0.05, 0) is 36.8 Å². The highest BCUT2D eigenvalue weighted by Gasteiger charge is 2.18. The number of methoxy groups -OCH3 is 1. The molecule has 0 fully saturated rings. The molecule has 26 heavy (non-hydrogen) atoms. The molecule has 140 valence electrons. The maximum atomic E-state index is 12.3. The second-order valence-corrected chi connectivity index (χ2v) is 9.03. The molecule has 8 nitrogen and oxygen atoms in total. The quantitative estimate of drug-likeness (QED) is 0.579. The van der Waals surface area contributed by atoms with E-state index in [4.69, 9.17) is 10.5 Å². The van der Waals surface area contributed by atoms with Crippen molar-refractivity contribution in [2.75, 3.05) is 13.7 Å². The summed E-state index contributed by atoms with van der Waals surface area (Å²) in [7, 11) is -2.47. The number of thiophene rings is 1. The number of ether oxygens (including phenoxy) is 1. The zero-order valence-electron chi connectivity index (χ0n) is 13.6. The van der Waals surface area contributed by atoms with Gasteiger partial charge in [0.2, 0.25) is 0 Å². The fourth-order valence-corrected chi connectivity index (χ4v) is 4.67. The van der Waals surface area contributed by atoms with Gasteiger partial charge < -0.3 is 15.8 Å². The monoisotopic (exact) mass is 461 g/mol. The molecule has 1 aromatic carbocycles. The predicted octanol–water partition coefficient (Wildman–Crippen LogP) is 1.85. The largest absolute Gasteiger partial charge is 0.496 e. The normalized spacial score (nSPS) is 11.0. The summed E-state index contributed by atoms with van der Waals surface area (Å²) in [5, 5.41) is 2.76. The van der Waals surface area contributed by atoms with E-state index >= 15 is 0 Å². The second kappa shape index (κ2) is 8.52. The number of sulfonamides is 1. The van der Waals surface area contributed by atoms with Crippen molar-refractivity contribution in [2.24, 2.45) is 5.73 Å². The summed E-state index contributed by atoms with van der Waals surface area (Å²) < 4.78 is 31.3. The lowest BCUT2D eigenvalue weighted by atomic mass is 10.2. The van der Waals surface area contributed by atoms with E-state index in [1.807, 2.05) is 0 Å². The number of amides is 3. The molecular formula is C15H16BrN3O5S2. The highest BCUT2D eigenvalue weighted by molar-refractivity contribution is 9.10. The van der Waals surface area contributed by atoms with E-state index in [1.165, 1.54) is 13.2 Å². The number of primary amides is 1. The third-order valence-electron chi connectivity index (χ3n) is 3.20. The van der Waals surface area contributed by atoms with Crippen molar-refractivity contribution in [3.05, 3.63) is 45.2 Å². The minimum absolute atomic E-state index is 0.0220. The average molecular weight is 462 g/mol. The highest BCUT2D eigenvalue weighted by atomic mass is 79.9. The SMILES string of the molecule is COc1ccc(Br)cc1C(=O)NCCc1ccc(S(=O)(=O)NC(N)=O)s1. The first-order chi connectivity index (χ1) is 12.2. The Morgan fingerprint density at radius 2 is 2.00 bits per heavy atom. The molecule has 1 aromatic heterocycles. The highest BCUT2D eigenvalue weighted by Crippen LogP contribution is 2.23. The third kappa shape index (κ3) is 5.19. The van der Waals surface area contributed by atoms with E-state index in [2.05, 4.69) is 21.2 Å². The summed E-state index contributed by atoms with van der Waals surface area (Å²) in [6.07, 6.45) is 0.429. The van der Waals surface area contributed by atoms with Gasteiger partial charge in [-0.15, -0.1) is 11.3 Å². The van der Waals surface area contributed by atoms with Crippen LogP contribution in [0.2, 0.25) is 0 Å². The Kier molecular flexibility index (Phi) is 6.62. The lowest BCUT2D eigenvalue weighted by molar-refractivity contribution is 0.0951. The van der Waals surface area contributed by atoms with Gasteiger partial charge in [-0.2, -0.15) is 0 Å². The fraction of sp³-hybridized carbons (Fsp3) is 0.200. The number of nitrogens with one attached hydrogen (secondary N) is 2. The Morgan fingerprint density at radius 1 is 1.27 bits per heavy atom. The van der Waals surface area contributed by atoms with Gasteiger partial charge in [-0.1, -0.05) is 15.9 Å². The van der Waals surface area contributed by atoms with Gasteiger partial charge in [0.25, 0.3) is 15.9 Å². The van der Waals surface area contributed by atoms with Gasteiger partial charge in [0, 0.05) is 15.9 Å². The lowest BCUT2D eigenvalue weighted by Crippen LogP contribution is -2.34. The predicted molar refractivity (Wildman–Crippen MR) is 101 cm³/mol. The van der Waals surface area contributed by atoms with Crippen molar-refractivity contribution >= 4 is 49.2 Å². The Labute approximate surface area is 162 Å². The number of rotatable bonds is 7. The molecule has 11 heteroatoms. The molecule has 0 bridgehead atoms. The molecule has 0 aliphatic rings. The van der Waals surface area contributed by atoms with E-state index in [0.717, 1.165) is 20.7 Å². The van der Waals surface area contributed by atoms with Crippen LogP contribution < -0.4 is 20.5 Å². The van der Waals surface area contributed by atoms with Gasteiger partial charge in [0.05, 0.1) is 12.7 Å². The van der Waals surface area contributed by atoms with E-state index in [1.54, 1.807) is 29.0 Å². The number of carbonyl (C=O) groups is 2.